The molecule has 1 atom stereocenters. The van der Waals surface area contributed by atoms with E-state index in [1.54, 1.807) is 0 Å². The van der Waals surface area contributed by atoms with Crippen LogP contribution in [0, 0.1) is 0 Å². The molecule has 0 aromatic carbocycles. The van der Waals surface area contributed by atoms with E-state index in [2.05, 4.69) is 17.5 Å². The Labute approximate surface area is 109 Å². The van der Waals surface area contributed by atoms with Crippen molar-refractivity contribution in [2.45, 2.75) is 57.0 Å². The number of rotatable bonds is 6. The molecule has 0 spiro atoms. The minimum atomic E-state index is 0.0759. The van der Waals surface area contributed by atoms with Crippen LogP contribution >= 0.6 is 0 Å². The van der Waals surface area contributed by atoms with Crippen molar-refractivity contribution in [3.8, 4) is 0 Å². The summed E-state index contributed by atoms with van der Waals surface area (Å²) >= 11 is 0. The van der Waals surface area contributed by atoms with Crippen LogP contribution in [-0.2, 0) is 0 Å². The number of urea groups is 1. The number of hydrogen-bond donors (Lipinski definition) is 2. The molecular weight excluding hydrogens is 228 g/mol. The first-order valence-electron chi connectivity index (χ1n) is 7.16. The van der Waals surface area contributed by atoms with E-state index >= 15 is 0 Å². The molecule has 1 unspecified atom stereocenters. The Morgan fingerprint density at radius 3 is 2.78 bits per heavy atom. The highest BCUT2D eigenvalue weighted by Gasteiger charge is 2.32. The lowest BCUT2D eigenvalue weighted by Crippen LogP contribution is -2.46. The maximum atomic E-state index is 12.2. The van der Waals surface area contributed by atoms with Gasteiger partial charge in [-0.25, -0.2) is 4.79 Å². The standard InChI is InChI=1S/C14H24N2O2/c17-11-5-4-10-16(13-8-9-13)14(18)15-12-6-2-1-3-7-12/h2,6,12-13,17H,1,3-5,7-11H2,(H,15,18). The van der Waals surface area contributed by atoms with Crippen LogP contribution in [0.4, 0.5) is 4.79 Å². The Balaban J connectivity index is 1.79. The van der Waals surface area contributed by atoms with Crippen molar-refractivity contribution >= 4 is 6.03 Å². The third-order valence-corrected chi connectivity index (χ3v) is 3.62. The first-order chi connectivity index (χ1) is 8.81. The Hall–Kier alpha value is -1.03. The second-order valence-corrected chi connectivity index (χ2v) is 5.27. The highest BCUT2D eigenvalue weighted by molar-refractivity contribution is 5.75. The van der Waals surface area contributed by atoms with Crippen LogP contribution in [0.5, 0.6) is 0 Å². The average Bonchev–Trinajstić information content (AvgIpc) is 3.20. The first-order valence-corrected chi connectivity index (χ1v) is 7.16. The lowest BCUT2D eigenvalue weighted by Gasteiger charge is -2.26. The second kappa shape index (κ2) is 6.78. The Bertz CT molecular complexity index is 300. The van der Waals surface area contributed by atoms with Gasteiger partial charge in [-0.05, 0) is 44.9 Å². The van der Waals surface area contributed by atoms with Crippen molar-refractivity contribution in [2.75, 3.05) is 13.2 Å². The van der Waals surface area contributed by atoms with Crippen molar-refractivity contribution in [3.63, 3.8) is 0 Å². The SMILES string of the molecule is O=C(NC1C=CCCC1)N(CCCCO)C1CC1. The molecule has 102 valence electrons. The molecule has 0 bridgehead atoms. The van der Waals surface area contributed by atoms with Crippen LogP contribution in [0.3, 0.4) is 0 Å². The number of nitrogens with one attached hydrogen (secondary N) is 1. The minimum Gasteiger partial charge on any atom is -0.396 e. The summed E-state index contributed by atoms with van der Waals surface area (Å²) in [7, 11) is 0. The van der Waals surface area contributed by atoms with Crippen LogP contribution in [0.1, 0.15) is 44.9 Å². The maximum absolute atomic E-state index is 12.2. The topological polar surface area (TPSA) is 52.6 Å². The zero-order valence-electron chi connectivity index (χ0n) is 11.0. The molecular formula is C14H24N2O2. The van der Waals surface area contributed by atoms with E-state index < -0.39 is 0 Å². The predicted octanol–water partition coefficient (Wildman–Crippen LogP) is 2.04. The third-order valence-electron chi connectivity index (χ3n) is 3.62. The van der Waals surface area contributed by atoms with Gasteiger partial charge in [-0.1, -0.05) is 12.2 Å². The number of aliphatic hydroxyl groups is 1. The van der Waals surface area contributed by atoms with Crippen molar-refractivity contribution in [2.24, 2.45) is 0 Å². The number of carbonyl (C=O) groups excluding carboxylic acids is 1. The summed E-state index contributed by atoms with van der Waals surface area (Å²) in [5.74, 6) is 0. The number of aliphatic hydroxyl groups excluding tert-OH is 1. The van der Waals surface area contributed by atoms with Crippen LogP contribution in [0.25, 0.3) is 0 Å². The second-order valence-electron chi connectivity index (χ2n) is 5.27. The number of allylic oxidation sites excluding steroid dienone is 1. The molecule has 1 fully saturated rings. The first kappa shape index (κ1) is 13.4. The number of nitrogens with zero attached hydrogens (tertiary/aromatic N) is 1. The smallest absolute Gasteiger partial charge is 0.318 e. The molecule has 2 aliphatic rings. The molecule has 0 aromatic heterocycles. The van der Waals surface area contributed by atoms with Gasteiger partial charge in [0.15, 0.2) is 0 Å². The molecule has 2 aliphatic carbocycles. The highest BCUT2D eigenvalue weighted by Crippen LogP contribution is 2.27. The summed E-state index contributed by atoms with van der Waals surface area (Å²) in [6, 6.07) is 0.730. The molecule has 2 amide bonds. The van der Waals surface area contributed by atoms with E-state index in [-0.39, 0.29) is 18.7 Å². The normalized spacial score (nSPS) is 22.8. The van der Waals surface area contributed by atoms with Crippen molar-refractivity contribution in [1.82, 2.24) is 10.2 Å². The van der Waals surface area contributed by atoms with Gasteiger partial charge in [0, 0.05) is 25.2 Å². The van der Waals surface area contributed by atoms with Gasteiger partial charge in [0.25, 0.3) is 0 Å². The Kier molecular flexibility index (Phi) is 5.05. The number of unbranched alkanes of at least 4 members (excludes halogenated alkanes) is 1. The fourth-order valence-corrected chi connectivity index (χ4v) is 2.40. The molecule has 2 N–H and O–H groups in total. The van der Waals surface area contributed by atoms with Gasteiger partial charge in [-0.15, -0.1) is 0 Å². The van der Waals surface area contributed by atoms with E-state index in [4.69, 9.17) is 5.11 Å². The average molecular weight is 252 g/mol. The maximum Gasteiger partial charge on any atom is 0.318 e. The van der Waals surface area contributed by atoms with E-state index in [0.29, 0.717) is 6.04 Å². The Morgan fingerprint density at radius 2 is 2.17 bits per heavy atom. The summed E-state index contributed by atoms with van der Waals surface area (Å²) in [6.45, 7) is 0.985. The Morgan fingerprint density at radius 1 is 1.33 bits per heavy atom. The van der Waals surface area contributed by atoms with Gasteiger partial charge in [0.2, 0.25) is 0 Å². The zero-order chi connectivity index (χ0) is 12.8. The van der Waals surface area contributed by atoms with E-state index in [0.717, 1.165) is 51.5 Å². The van der Waals surface area contributed by atoms with Crippen molar-refractivity contribution < 1.29 is 9.90 Å². The van der Waals surface area contributed by atoms with Gasteiger partial charge in [0.05, 0.1) is 0 Å². The minimum absolute atomic E-state index is 0.0759. The summed E-state index contributed by atoms with van der Waals surface area (Å²) in [4.78, 5) is 14.2. The lowest BCUT2D eigenvalue weighted by atomic mass is 10.0. The fourth-order valence-electron chi connectivity index (χ4n) is 2.40. The monoisotopic (exact) mass is 252 g/mol. The van der Waals surface area contributed by atoms with Crippen LogP contribution < -0.4 is 5.32 Å². The molecule has 2 rings (SSSR count). The molecule has 1 saturated carbocycles. The van der Waals surface area contributed by atoms with Crippen LogP contribution in [-0.4, -0.2) is 41.3 Å². The van der Waals surface area contributed by atoms with Gasteiger partial charge in [-0.3, -0.25) is 0 Å². The molecule has 18 heavy (non-hydrogen) atoms. The van der Waals surface area contributed by atoms with E-state index in [1.165, 1.54) is 0 Å². The number of hydrogen-bond acceptors (Lipinski definition) is 2. The lowest BCUT2D eigenvalue weighted by molar-refractivity contribution is 0.187. The fraction of sp³-hybridized carbons (Fsp3) is 0.786. The number of amides is 2. The van der Waals surface area contributed by atoms with Crippen molar-refractivity contribution in [3.05, 3.63) is 12.2 Å². The van der Waals surface area contributed by atoms with Gasteiger partial charge >= 0.3 is 6.03 Å². The van der Waals surface area contributed by atoms with Crippen LogP contribution in [0.15, 0.2) is 12.2 Å². The van der Waals surface area contributed by atoms with Crippen molar-refractivity contribution in [1.29, 1.82) is 0 Å². The predicted molar refractivity (Wildman–Crippen MR) is 71.4 cm³/mol. The summed E-state index contributed by atoms with van der Waals surface area (Å²) in [6.07, 6.45) is 11.5. The molecule has 0 radical (unpaired) electrons. The van der Waals surface area contributed by atoms with Crippen LogP contribution in [0.2, 0.25) is 0 Å². The van der Waals surface area contributed by atoms with E-state index in [9.17, 15) is 4.79 Å². The highest BCUT2D eigenvalue weighted by atomic mass is 16.3. The quantitative estimate of drug-likeness (QED) is 0.561. The molecule has 4 heteroatoms. The molecule has 0 saturated heterocycles. The molecule has 4 nitrogen and oxygen atoms in total. The molecule has 0 aliphatic heterocycles. The molecule has 0 heterocycles. The zero-order valence-corrected chi connectivity index (χ0v) is 11.0. The summed E-state index contributed by atoms with van der Waals surface area (Å²) in [5.41, 5.74) is 0. The van der Waals surface area contributed by atoms with Gasteiger partial charge in [0.1, 0.15) is 0 Å². The molecule has 0 aromatic rings. The van der Waals surface area contributed by atoms with Gasteiger partial charge in [-0.2, -0.15) is 0 Å². The third kappa shape index (κ3) is 4.02. The summed E-state index contributed by atoms with van der Waals surface area (Å²) in [5, 5.41) is 11.9. The van der Waals surface area contributed by atoms with Gasteiger partial charge < -0.3 is 15.3 Å². The number of carbonyl (C=O) groups is 1. The van der Waals surface area contributed by atoms with E-state index in [1.807, 2.05) is 4.90 Å². The summed E-state index contributed by atoms with van der Waals surface area (Å²) < 4.78 is 0. The largest absolute Gasteiger partial charge is 0.396 e.